The number of hydrogen-bond donors (Lipinski definition) is 3. The first-order valence-electron chi connectivity index (χ1n) is 6.08. The molecule has 1 atom stereocenters. The smallest absolute Gasteiger partial charge is 0.315 e. The molecule has 6 heteroatoms. The van der Waals surface area contributed by atoms with Crippen molar-refractivity contribution in [2.75, 3.05) is 13.1 Å². The zero-order valence-corrected chi connectivity index (χ0v) is 12.5. The van der Waals surface area contributed by atoms with Gasteiger partial charge in [0.1, 0.15) is 5.60 Å². The zero-order chi connectivity index (χ0) is 14.4. The minimum absolute atomic E-state index is 0.118. The van der Waals surface area contributed by atoms with E-state index in [0.717, 1.165) is 10.4 Å². The molecule has 0 saturated heterocycles. The molecule has 0 bridgehead atoms. The number of carbonyl (C=O) groups excluding carboxylic acids is 1. The minimum Gasteiger partial charge on any atom is -0.378 e. The summed E-state index contributed by atoms with van der Waals surface area (Å²) in [5.41, 5.74) is -0.409. The minimum atomic E-state index is -1.19. The summed E-state index contributed by atoms with van der Waals surface area (Å²) < 4.78 is 0. The summed E-state index contributed by atoms with van der Waals surface area (Å²) in [4.78, 5) is 12.4. The average molecular weight is 308 g/mol. The molecule has 0 radical (unpaired) electrons. The van der Waals surface area contributed by atoms with Gasteiger partial charge in [0.15, 0.2) is 0 Å². The highest BCUT2D eigenvalue weighted by molar-refractivity contribution is 7.10. The van der Waals surface area contributed by atoms with Gasteiger partial charge in [0.2, 0.25) is 0 Å². The highest BCUT2D eigenvalue weighted by Crippen LogP contribution is 2.33. The SMILES string of the molecule is C=CCNC(=O)NCC(O)(c1ccsc1)c1cccs1. The summed E-state index contributed by atoms with van der Waals surface area (Å²) >= 11 is 2.98. The third kappa shape index (κ3) is 3.27. The number of carbonyl (C=O) groups is 1. The fourth-order valence-corrected chi connectivity index (χ4v) is 3.35. The largest absolute Gasteiger partial charge is 0.378 e. The second-order valence-electron chi connectivity index (χ2n) is 4.20. The number of nitrogens with one attached hydrogen (secondary N) is 2. The van der Waals surface area contributed by atoms with E-state index in [1.54, 1.807) is 6.08 Å². The Labute approximate surface area is 125 Å². The molecule has 2 rings (SSSR count). The van der Waals surface area contributed by atoms with Gasteiger partial charge >= 0.3 is 6.03 Å². The second-order valence-corrected chi connectivity index (χ2v) is 5.93. The molecule has 2 aromatic heterocycles. The van der Waals surface area contributed by atoms with Crippen molar-refractivity contribution in [3.8, 4) is 0 Å². The predicted molar refractivity (Wildman–Crippen MR) is 83.2 cm³/mol. The van der Waals surface area contributed by atoms with Crippen LogP contribution in [0.3, 0.4) is 0 Å². The Morgan fingerprint density at radius 3 is 2.85 bits per heavy atom. The van der Waals surface area contributed by atoms with Crippen LogP contribution in [0.1, 0.15) is 10.4 Å². The van der Waals surface area contributed by atoms with E-state index in [-0.39, 0.29) is 12.6 Å². The van der Waals surface area contributed by atoms with Gasteiger partial charge in [0.05, 0.1) is 6.54 Å². The first kappa shape index (κ1) is 14.8. The van der Waals surface area contributed by atoms with Gasteiger partial charge in [-0.2, -0.15) is 11.3 Å². The van der Waals surface area contributed by atoms with Gasteiger partial charge in [-0.05, 0) is 28.3 Å². The molecule has 0 spiro atoms. The lowest BCUT2D eigenvalue weighted by atomic mass is 9.94. The molecule has 0 aromatic carbocycles. The van der Waals surface area contributed by atoms with Crippen LogP contribution in [0.25, 0.3) is 0 Å². The molecule has 3 N–H and O–H groups in total. The van der Waals surface area contributed by atoms with Gasteiger partial charge in [0.25, 0.3) is 0 Å². The number of rotatable bonds is 6. The highest BCUT2D eigenvalue weighted by atomic mass is 32.1. The van der Waals surface area contributed by atoms with Crippen molar-refractivity contribution in [3.63, 3.8) is 0 Å². The van der Waals surface area contributed by atoms with E-state index in [1.807, 2.05) is 34.3 Å². The van der Waals surface area contributed by atoms with E-state index < -0.39 is 5.60 Å². The van der Waals surface area contributed by atoms with E-state index in [1.165, 1.54) is 22.7 Å². The van der Waals surface area contributed by atoms with E-state index >= 15 is 0 Å². The molecule has 0 saturated carbocycles. The molecule has 1 unspecified atom stereocenters. The number of urea groups is 1. The monoisotopic (exact) mass is 308 g/mol. The van der Waals surface area contributed by atoms with Crippen molar-refractivity contribution in [2.45, 2.75) is 5.60 Å². The third-order valence-corrected chi connectivity index (χ3v) is 4.54. The van der Waals surface area contributed by atoms with Gasteiger partial charge in [-0.25, -0.2) is 4.79 Å². The second kappa shape index (κ2) is 6.69. The van der Waals surface area contributed by atoms with E-state index in [0.29, 0.717) is 6.54 Å². The zero-order valence-electron chi connectivity index (χ0n) is 10.8. The van der Waals surface area contributed by atoms with Crippen molar-refractivity contribution >= 4 is 28.7 Å². The van der Waals surface area contributed by atoms with Gasteiger partial charge in [-0.15, -0.1) is 17.9 Å². The van der Waals surface area contributed by atoms with Crippen molar-refractivity contribution < 1.29 is 9.90 Å². The van der Waals surface area contributed by atoms with Crippen molar-refractivity contribution in [1.29, 1.82) is 0 Å². The van der Waals surface area contributed by atoms with Crippen molar-refractivity contribution in [1.82, 2.24) is 10.6 Å². The quantitative estimate of drug-likeness (QED) is 0.718. The summed E-state index contributed by atoms with van der Waals surface area (Å²) in [7, 11) is 0. The van der Waals surface area contributed by atoms with Crippen LogP contribution in [0.4, 0.5) is 4.79 Å². The molecule has 0 aliphatic heterocycles. The number of hydrogen-bond acceptors (Lipinski definition) is 4. The van der Waals surface area contributed by atoms with Gasteiger partial charge < -0.3 is 15.7 Å². The van der Waals surface area contributed by atoms with Gasteiger partial charge in [0, 0.05) is 17.0 Å². The molecular formula is C14H16N2O2S2. The summed E-state index contributed by atoms with van der Waals surface area (Å²) in [5.74, 6) is 0. The third-order valence-electron chi connectivity index (χ3n) is 2.84. The maximum Gasteiger partial charge on any atom is 0.315 e. The fourth-order valence-electron chi connectivity index (χ4n) is 1.78. The highest BCUT2D eigenvalue weighted by Gasteiger charge is 2.33. The Kier molecular flexibility index (Phi) is 4.94. The number of amides is 2. The van der Waals surface area contributed by atoms with Crippen LogP contribution in [0.15, 0.2) is 47.0 Å². The lowest BCUT2D eigenvalue weighted by molar-refractivity contribution is 0.0864. The molecule has 4 nitrogen and oxygen atoms in total. The molecule has 0 aliphatic rings. The molecule has 0 aliphatic carbocycles. The maximum atomic E-state index is 11.6. The molecule has 2 aromatic rings. The first-order valence-corrected chi connectivity index (χ1v) is 7.90. The van der Waals surface area contributed by atoms with E-state index in [9.17, 15) is 9.90 Å². The lowest BCUT2D eigenvalue weighted by Gasteiger charge is -2.26. The standard InChI is InChI=1S/C14H16N2O2S2/c1-2-6-15-13(17)16-10-14(18,11-5-8-19-9-11)12-4-3-7-20-12/h2-5,7-9,18H,1,6,10H2,(H2,15,16,17). The molecule has 2 amide bonds. The summed E-state index contributed by atoms with van der Waals surface area (Å²) in [6.45, 7) is 4.04. The summed E-state index contributed by atoms with van der Waals surface area (Å²) in [6, 6.07) is 5.30. The Morgan fingerprint density at radius 2 is 2.25 bits per heavy atom. The number of thiophene rings is 2. The molecule has 0 fully saturated rings. The van der Waals surface area contributed by atoms with Crippen LogP contribution in [-0.2, 0) is 5.60 Å². The van der Waals surface area contributed by atoms with Crippen LogP contribution >= 0.6 is 22.7 Å². The summed E-state index contributed by atoms with van der Waals surface area (Å²) in [6.07, 6.45) is 1.60. The molecular weight excluding hydrogens is 292 g/mol. The Balaban J connectivity index is 2.13. The Bertz CT molecular complexity index is 516. The molecule has 20 heavy (non-hydrogen) atoms. The van der Waals surface area contributed by atoms with Crippen LogP contribution in [0.2, 0.25) is 0 Å². The van der Waals surface area contributed by atoms with E-state index in [4.69, 9.17) is 0 Å². The van der Waals surface area contributed by atoms with Gasteiger partial charge in [-0.1, -0.05) is 12.1 Å². The predicted octanol–water partition coefficient (Wildman–Crippen LogP) is 2.53. The first-order chi connectivity index (χ1) is 9.66. The fraction of sp³-hybridized carbons (Fsp3) is 0.214. The van der Waals surface area contributed by atoms with Gasteiger partial charge in [-0.3, -0.25) is 0 Å². The lowest BCUT2D eigenvalue weighted by Crippen LogP contribution is -2.45. The van der Waals surface area contributed by atoms with E-state index in [2.05, 4.69) is 17.2 Å². The van der Waals surface area contributed by atoms with Crippen LogP contribution in [0.5, 0.6) is 0 Å². The van der Waals surface area contributed by atoms with Crippen molar-refractivity contribution in [2.24, 2.45) is 0 Å². The normalized spacial score (nSPS) is 13.4. The summed E-state index contributed by atoms with van der Waals surface area (Å²) in [5, 5.41) is 22.0. The Morgan fingerprint density at radius 1 is 1.40 bits per heavy atom. The van der Waals surface area contributed by atoms with Crippen LogP contribution in [-0.4, -0.2) is 24.2 Å². The average Bonchev–Trinajstić information content (AvgIpc) is 3.14. The maximum absolute atomic E-state index is 11.6. The van der Waals surface area contributed by atoms with Crippen molar-refractivity contribution in [3.05, 3.63) is 57.4 Å². The Hall–Kier alpha value is -1.63. The molecule has 106 valence electrons. The van der Waals surface area contributed by atoms with Crippen LogP contribution in [0, 0.1) is 0 Å². The topological polar surface area (TPSA) is 61.4 Å². The van der Waals surface area contributed by atoms with Crippen LogP contribution < -0.4 is 10.6 Å². The molecule has 2 heterocycles. The number of aliphatic hydroxyl groups is 1.